The Morgan fingerprint density at radius 1 is 1.28 bits per heavy atom. The van der Waals surface area contributed by atoms with E-state index in [-0.39, 0.29) is 50.4 Å². The Hall–Kier alpha value is -1.81. The van der Waals surface area contributed by atoms with Crippen LogP contribution in [0.25, 0.3) is 22.3 Å². The maximum atomic E-state index is 13.1. The van der Waals surface area contributed by atoms with Gasteiger partial charge in [-0.1, -0.05) is 23.7 Å². The van der Waals surface area contributed by atoms with Crippen LogP contribution >= 0.6 is 34.2 Å². The molecule has 3 aromatic rings. The summed E-state index contributed by atoms with van der Waals surface area (Å²) in [5, 5.41) is 31.4. The van der Waals surface area contributed by atoms with E-state index in [1.165, 1.54) is 6.07 Å². The molecule has 0 amide bonds. The number of aromatic hydroxyl groups is 2. The van der Waals surface area contributed by atoms with Crippen molar-refractivity contribution in [3.63, 3.8) is 0 Å². The van der Waals surface area contributed by atoms with Gasteiger partial charge in [0.15, 0.2) is 5.76 Å². The zero-order chi connectivity index (χ0) is 20.9. The molecular formula is C21H19ClINO5. The lowest BCUT2D eigenvalue weighted by Gasteiger charge is -2.24. The number of benzene rings is 2. The second-order valence-electron chi connectivity index (χ2n) is 7.21. The van der Waals surface area contributed by atoms with Crippen molar-refractivity contribution in [1.29, 1.82) is 0 Å². The predicted molar refractivity (Wildman–Crippen MR) is 120 cm³/mol. The van der Waals surface area contributed by atoms with Crippen LogP contribution in [0.2, 0.25) is 5.02 Å². The first-order valence-corrected chi connectivity index (χ1v) is 10.6. The van der Waals surface area contributed by atoms with E-state index in [4.69, 9.17) is 16.0 Å². The monoisotopic (exact) mass is 527 g/mol. The highest BCUT2D eigenvalue weighted by Crippen LogP contribution is 2.45. The zero-order valence-electron chi connectivity index (χ0n) is 15.5. The Morgan fingerprint density at radius 3 is 2.69 bits per heavy atom. The van der Waals surface area contributed by atoms with Crippen molar-refractivity contribution in [1.82, 2.24) is 4.90 Å². The number of aliphatic hydroxyl groups excluding tert-OH is 1. The molecule has 29 heavy (non-hydrogen) atoms. The highest BCUT2D eigenvalue weighted by molar-refractivity contribution is 14.1. The maximum Gasteiger partial charge on any atom is 0.210 e. The van der Waals surface area contributed by atoms with Crippen LogP contribution in [0.15, 0.2) is 39.5 Å². The molecule has 1 saturated heterocycles. The fraction of sp³-hybridized carbons (Fsp3) is 0.286. The highest BCUT2D eigenvalue weighted by Gasteiger charge is 2.37. The lowest BCUT2D eigenvalue weighted by Crippen LogP contribution is -2.32. The number of hydrogen-bond acceptors (Lipinski definition) is 6. The number of aliphatic hydroxyl groups is 1. The number of halogens is 2. The first-order chi connectivity index (χ1) is 13.8. The van der Waals surface area contributed by atoms with Gasteiger partial charge in [-0.25, -0.2) is 0 Å². The van der Waals surface area contributed by atoms with Crippen LogP contribution in [-0.2, 0) is 0 Å². The maximum absolute atomic E-state index is 13.1. The number of phenols is 2. The fourth-order valence-corrected chi connectivity index (χ4v) is 5.01. The van der Waals surface area contributed by atoms with Gasteiger partial charge in [-0.2, -0.15) is 0 Å². The molecule has 1 fully saturated rings. The van der Waals surface area contributed by atoms with Gasteiger partial charge in [0.05, 0.1) is 11.6 Å². The Labute approximate surface area is 185 Å². The summed E-state index contributed by atoms with van der Waals surface area (Å²) in [4.78, 5) is 15.1. The molecule has 2 aromatic carbocycles. The summed E-state index contributed by atoms with van der Waals surface area (Å²) in [5.74, 6) is -0.476. The Bertz CT molecular complexity index is 1160. The van der Waals surface area contributed by atoms with Gasteiger partial charge in [0, 0.05) is 29.2 Å². The number of fused-ring (bicyclic) bond motifs is 1. The standard InChI is InChI=1S/C21H19ClINO5/c1-24-7-6-11(13(24)9-25)16-14(26)8-15(27)17-19(28)18(23)20(29-21(16)17)10-4-2-3-5-12(10)22/h2-5,8,11,13,25-27H,6-7,9H2,1H3. The van der Waals surface area contributed by atoms with Crippen LogP contribution in [0.4, 0.5) is 0 Å². The molecule has 2 heterocycles. The molecule has 152 valence electrons. The van der Waals surface area contributed by atoms with E-state index < -0.39 is 5.43 Å². The van der Waals surface area contributed by atoms with Crippen molar-refractivity contribution in [2.75, 3.05) is 20.2 Å². The predicted octanol–water partition coefficient (Wildman–Crippen LogP) is 3.91. The molecular weight excluding hydrogens is 509 g/mol. The van der Waals surface area contributed by atoms with Crippen molar-refractivity contribution in [3.8, 4) is 22.8 Å². The van der Waals surface area contributed by atoms with Crippen LogP contribution in [0.3, 0.4) is 0 Å². The van der Waals surface area contributed by atoms with E-state index in [0.717, 1.165) is 6.54 Å². The molecule has 2 atom stereocenters. The second-order valence-corrected chi connectivity index (χ2v) is 8.70. The molecule has 0 radical (unpaired) electrons. The Morgan fingerprint density at radius 2 is 2.00 bits per heavy atom. The van der Waals surface area contributed by atoms with E-state index >= 15 is 0 Å². The van der Waals surface area contributed by atoms with Crippen molar-refractivity contribution in [2.45, 2.75) is 18.4 Å². The number of likely N-dealkylation sites (N-methyl/N-ethyl adjacent to an activating group) is 1. The fourth-order valence-electron chi connectivity index (χ4n) is 4.12. The van der Waals surface area contributed by atoms with Gasteiger partial charge in [0.1, 0.15) is 26.0 Å². The summed E-state index contributed by atoms with van der Waals surface area (Å²) in [7, 11) is 1.90. The van der Waals surface area contributed by atoms with E-state index in [9.17, 15) is 20.1 Å². The van der Waals surface area contributed by atoms with Gasteiger partial charge < -0.3 is 24.6 Å². The van der Waals surface area contributed by atoms with Gasteiger partial charge in [0.25, 0.3) is 0 Å². The van der Waals surface area contributed by atoms with E-state index in [1.54, 1.807) is 24.3 Å². The highest BCUT2D eigenvalue weighted by atomic mass is 127. The van der Waals surface area contributed by atoms with E-state index in [0.29, 0.717) is 22.6 Å². The summed E-state index contributed by atoms with van der Waals surface area (Å²) in [6.45, 7) is 0.624. The smallest absolute Gasteiger partial charge is 0.210 e. The van der Waals surface area contributed by atoms with Crippen LogP contribution < -0.4 is 5.43 Å². The Balaban J connectivity index is 2.08. The average Bonchev–Trinajstić information content (AvgIpc) is 3.05. The molecule has 1 aromatic heterocycles. The SMILES string of the molecule is CN1CCC(c2c(O)cc(O)c3c(=O)c(I)c(-c4ccccc4Cl)oc23)C1CO. The number of likely N-dealkylation sites (tertiary alicyclic amines) is 1. The summed E-state index contributed by atoms with van der Waals surface area (Å²) < 4.78 is 6.45. The van der Waals surface area contributed by atoms with Crippen molar-refractivity contribution >= 4 is 45.2 Å². The van der Waals surface area contributed by atoms with Crippen LogP contribution in [0.1, 0.15) is 17.9 Å². The second kappa shape index (κ2) is 7.79. The summed E-state index contributed by atoms with van der Waals surface area (Å²) >= 11 is 8.21. The summed E-state index contributed by atoms with van der Waals surface area (Å²) in [5.41, 5.74) is 0.700. The topological polar surface area (TPSA) is 94.1 Å². The number of phenolic OH excluding ortho intramolecular Hbond substituents is 2. The summed E-state index contributed by atoms with van der Waals surface area (Å²) in [6, 6.07) is 7.95. The third kappa shape index (κ3) is 3.30. The minimum absolute atomic E-state index is 0.0178. The van der Waals surface area contributed by atoms with E-state index in [1.807, 2.05) is 34.5 Å². The van der Waals surface area contributed by atoms with Gasteiger partial charge in [0.2, 0.25) is 5.43 Å². The molecule has 1 aliphatic heterocycles. The van der Waals surface area contributed by atoms with Gasteiger partial charge in [-0.05, 0) is 54.7 Å². The first kappa shape index (κ1) is 20.5. The van der Waals surface area contributed by atoms with Crippen molar-refractivity contribution in [3.05, 3.63) is 54.7 Å². The molecule has 0 aliphatic carbocycles. The normalized spacial score (nSPS) is 19.9. The van der Waals surface area contributed by atoms with E-state index in [2.05, 4.69) is 0 Å². The molecule has 0 saturated carbocycles. The first-order valence-electron chi connectivity index (χ1n) is 9.12. The largest absolute Gasteiger partial charge is 0.507 e. The van der Waals surface area contributed by atoms with Gasteiger partial charge in [-0.3, -0.25) is 4.79 Å². The summed E-state index contributed by atoms with van der Waals surface area (Å²) in [6.07, 6.45) is 0.673. The minimum Gasteiger partial charge on any atom is -0.507 e. The lowest BCUT2D eigenvalue weighted by molar-refractivity contribution is 0.172. The van der Waals surface area contributed by atoms with Crippen molar-refractivity contribution < 1.29 is 19.7 Å². The number of rotatable bonds is 3. The zero-order valence-corrected chi connectivity index (χ0v) is 18.4. The minimum atomic E-state index is -0.396. The molecule has 0 bridgehead atoms. The molecule has 4 rings (SSSR count). The molecule has 3 N–H and O–H groups in total. The average molecular weight is 528 g/mol. The molecule has 8 heteroatoms. The van der Waals surface area contributed by atoms with Crippen LogP contribution in [0.5, 0.6) is 11.5 Å². The van der Waals surface area contributed by atoms with Gasteiger partial charge >= 0.3 is 0 Å². The van der Waals surface area contributed by atoms with Crippen LogP contribution in [-0.4, -0.2) is 46.5 Å². The molecule has 2 unspecified atom stereocenters. The molecule has 6 nitrogen and oxygen atoms in total. The van der Waals surface area contributed by atoms with Gasteiger partial charge in [-0.15, -0.1) is 0 Å². The third-order valence-corrected chi connectivity index (χ3v) is 6.92. The van der Waals surface area contributed by atoms with Crippen LogP contribution in [0, 0.1) is 3.57 Å². The Kier molecular flexibility index (Phi) is 5.50. The quantitative estimate of drug-likeness (QED) is 0.447. The number of nitrogens with zero attached hydrogens (tertiary/aromatic N) is 1. The lowest BCUT2D eigenvalue weighted by atomic mass is 9.89. The molecule has 1 aliphatic rings. The third-order valence-electron chi connectivity index (χ3n) is 5.61. The number of hydrogen-bond donors (Lipinski definition) is 3. The van der Waals surface area contributed by atoms with Crippen molar-refractivity contribution in [2.24, 2.45) is 0 Å². The molecule has 0 spiro atoms.